The zero-order valence-electron chi connectivity index (χ0n) is 15.6. The Morgan fingerprint density at radius 3 is 2.56 bits per heavy atom. The normalized spacial score (nSPS) is 12.1. The number of hydrazine groups is 1. The minimum Gasteiger partial charge on any atom is -0.494 e. The van der Waals surface area contributed by atoms with Crippen LogP contribution in [0.5, 0.6) is 5.75 Å². The fourth-order valence-electron chi connectivity index (χ4n) is 2.72. The summed E-state index contributed by atoms with van der Waals surface area (Å²) in [6.07, 6.45) is 3.98. The summed E-state index contributed by atoms with van der Waals surface area (Å²) < 4.78 is 17.1. The van der Waals surface area contributed by atoms with Crippen LogP contribution in [0.1, 0.15) is 42.9 Å². The van der Waals surface area contributed by atoms with Crippen LogP contribution in [0.2, 0.25) is 0 Å². The van der Waals surface area contributed by atoms with E-state index < -0.39 is 0 Å². The van der Waals surface area contributed by atoms with Crippen LogP contribution in [-0.4, -0.2) is 19.8 Å². The van der Waals surface area contributed by atoms with Gasteiger partial charge in [0.15, 0.2) is 0 Å². The van der Waals surface area contributed by atoms with Crippen LogP contribution in [0.3, 0.4) is 0 Å². The topological polar surface area (TPSA) is 65.7 Å². The highest BCUT2D eigenvalue weighted by atomic mass is 127. The van der Waals surface area contributed by atoms with Gasteiger partial charge in [-0.25, -0.2) is 0 Å². The number of hydrogen-bond acceptors (Lipinski definition) is 5. The molecule has 1 unspecified atom stereocenters. The van der Waals surface area contributed by atoms with Crippen molar-refractivity contribution >= 4 is 23.0 Å². The maximum absolute atomic E-state index is 5.88. The molecule has 0 spiro atoms. The molecule has 6 heteroatoms. The Morgan fingerprint density at radius 1 is 0.963 bits per heavy atom. The Labute approximate surface area is 176 Å². The molecule has 0 aliphatic carbocycles. The second kappa shape index (κ2) is 13.9. The van der Waals surface area contributed by atoms with Crippen molar-refractivity contribution in [1.29, 1.82) is 0 Å². The van der Waals surface area contributed by atoms with Crippen LogP contribution in [0.4, 0.5) is 0 Å². The maximum atomic E-state index is 5.88. The smallest absolute Gasteiger partial charge is 0.119 e. The van der Waals surface area contributed by atoms with Crippen molar-refractivity contribution in [3.05, 3.63) is 65.7 Å². The first-order chi connectivity index (χ1) is 13.3. The molecule has 0 aliphatic rings. The summed E-state index contributed by atoms with van der Waals surface area (Å²) in [5, 5.41) is 0. The van der Waals surface area contributed by atoms with Crippen molar-refractivity contribution in [1.82, 2.24) is 5.43 Å². The number of unbranched alkanes of at least 4 members (excludes halogenated alkanes) is 2. The van der Waals surface area contributed by atoms with Gasteiger partial charge in [0.05, 0.1) is 19.3 Å². The van der Waals surface area contributed by atoms with Gasteiger partial charge in [0.25, 0.3) is 0 Å². The Morgan fingerprint density at radius 2 is 1.78 bits per heavy atom. The largest absolute Gasteiger partial charge is 0.494 e. The van der Waals surface area contributed by atoms with Crippen LogP contribution < -0.4 is 16.0 Å². The van der Waals surface area contributed by atoms with Gasteiger partial charge in [-0.1, -0.05) is 42.5 Å². The van der Waals surface area contributed by atoms with Crippen LogP contribution >= 0.6 is 23.0 Å². The Hall–Kier alpha value is -1.19. The molecule has 5 nitrogen and oxygen atoms in total. The number of halogens is 1. The van der Waals surface area contributed by atoms with Crippen molar-refractivity contribution in [2.45, 2.75) is 38.4 Å². The standard InChI is InChI=1S/C21H29IN2O3/c22-27-21(12-13-24-23)19-10-7-11-20(16-19)26-15-6-2-5-14-25-17-18-8-3-1-4-9-18/h1,3-4,7-11,16,21,24H,2,5-6,12-15,17,23H2. The Bertz CT molecular complexity index is 628. The quantitative estimate of drug-likeness (QED) is 0.176. The van der Waals surface area contributed by atoms with Gasteiger partial charge in [-0.05, 0) is 48.9 Å². The van der Waals surface area contributed by atoms with Gasteiger partial charge >= 0.3 is 0 Å². The second-order valence-electron chi connectivity index (χ2n) is 6.34. The monoisotopic (exact) mass is 484 g/mol. The fourth-order valence-corrected chi connectivity index (χ4v) is 3.27. The summed E-state index contributed by atoms with van der Waals surface area (Å²) in [4.78, 5) is 0. The van der Waals surface area contributed by atoms with Gasteiger partial charge in [-0.3, -0.25) is 11.3 Å². The first kappa shape index (κ1) is 22.1. The molecule has 0 fully saturated rings. The zero-order chi connectivity index (χ0) is 19.2. The number of benzene rings is 2. The minimum atomic E-state index is 0.00645. The van der Waals surface area contributed by atoms with Gasteiger partial charge < -0.3 is 12.5 Å². The number of ether oxygens (including phenoxy) is 2. The van der Waals surface area contributed by atoms with Crippen molar-refractivity contribution < 1.29 is 12.5 Å². The summed E-state index contributed by atoms with van der Waals surface area (Å²) in [6, 6.07) is 18.3. The van der Waals surface area contributed by atoms with Crippen LogP contribution in [0.25, 0.3) is 0 Å². The zero-order valence-corrected chi connectivity index (χ0v) is 17.8. The predicted molar refractivity (Wildman–Crippen MR) is 117 cm³/mol. The molecule has 0 radical (unpaired) electrons. The minimum absolute atomic E-state index is 0.00645. The highest BCUT2D eigenvalue weighted by Gasteiger charge is 2.11. The van der Waals surface area contributed by atoms with E-state index in [1.54, 1.807) is 0 Å². The Kier molecular flexibility index (Phi) is 11.4. The number of rotatable bonds is 14. The molecule has 2 rings (SSSR count). The van der Waals surface area contributed by atoms with E-state index in [4.69, 9.17) is 18.4 Å². The third-order valence-electron chi connectivity index (χ3n) is 4.20. The molecule has 148 valence electrons. The number of hydrogen-bond donors (Lipinski definition) is 2. The van der Waals surface area contributed by atoms with E-state index in [2.05, 4.69) is 23.6 Å². The lowest BCUT2D eigenvalue weighted by molar-refractivity contribution is 0.116. The molecule has 0 amide bonds. The molecular weight excluding hydrogens is 455 g/mol. The maximum Gasteiger partial charge on any atom is 0.119 e. The SMILES string of the molecule is NNCCC(OI)c1cccc(OCCCCCOCc2ccccc2)c1. The molecule has 3 N–H and O–H groups in total. The van der Waals surface area contributed by atoms with Gasteiger partial charge in [0, 0.05) is 13.2 Å². The van der Waals surface area contributed by atoms with Gasteiger partial charge in [0.1, 0.15) is 28.8 Å². The van der Waals surface area contributed by atoms with Gasteiger partial charge in [-0.15, -0.1) is 0 Å². The van der Waals surface area contributed by atoms with E-state index >= 15 is 0 Å². The van der Waals surface area contributed by atoms with E-state index in [1.165, 1.54) is 5.56 Å². The second-order valence-corrected chi connectivity index (χ2v) is 6.85. The van der Waals surface area contributed by atoms with Crippen molar-refractivity contribution in [3.63, 3.8) is 0 Å². The molecule has 0 saturated carbocycles. The van der Waals surface area contributed by atoms with E-state index in [-0.39, 0.29) is 6.10 Å². The van der Waals surface area contributed by atoms with E-state index in [0.717, 1.165) is 43.6 Å². The lowest BCUT2D eigenvalue weighted by atomic mass is 10.1. The third kappa shape index (κ3) is 9.03. The summed E-state index contributed by atoms with van der Waals surface area (Å²) in [7, 11) is 0. The first-order valence-corrected chi connectivity index (χ1v) is 10.3. The molecule has 2 aromatic carbocycles. The molecule has 0 heterocycles. The lowest BCUT2D eigenvalue weighted by Crippen LogP contribution is -2.24. The van der Waals surface area contributed by atoms with Gasteiger partial charge in [-0.2, -0.15) is 0 Å². The third-order valence-corrected chi connectivity index (χ3v) is 4.82. The summed E-state index contributed by atoms with van der Waals surface area (Å²) in [6.45, 7) is 2.88. The highest BCUT2D eigenvalue weighted by Crippen LogP contribution is 2.26. The van der Waals surface area contributed by atoms with Crippen LogP contribution in [0, 0.1) is 0 Å². The fraction of sp³-hybridized carbons (Fsp3) is 0.429. The van der Waals surface area contributed by atoms with E-state index in [0.29, 0.717) is 19.8 Å². The lowest BCUT2D eigenvalue weighted by Gasteiger charge is -2.15. The van der Waals surface area contributed by atoms with Gasteiger partial charge in [0.2, 0.25) is 0 Å². The first-order valence-electron chi connectivity index (χ1n) is 9.38. The van der Waals surface area contributed by atoms with E-state index in [1.807, 2.05) is 59.4 Å². The summed E-state index contributed by atoms with van der Waals surface area (Å²) in [5.41, 5.74) is 4.99. The van der Waals surface area contributed by atoms with Crippen molar-refractivity contribution in [3.8, 4) is 5.75 Å². The number of nitrogens with two attached hydrogens (primary N) is 1. The molecule has 0 saturated heterocycles. The molecule has 0 aliphatic heterocycles. The number of nitrogens with one attached hydrogen (secondary N) is 1. The average molecular weight is 484 g/mol. The molecule has 2 aromatic rings. The highest BCUT2D eigenvalue weighted by molar-refractivity contribution is 14.1. The van der Waals surface area contributed by atoms with Crippen molar-refractivity contribution in [2.24, 2.45) is 5.84 Å². The molecule has 27 heavy (non-hydrogen) atoms. The molecule has 0 aromatic heterocycles. The predicted octanol–water partition coefficient (Wildman–Crippen LogP) is 4.71. The molecule has 1 atom stereocenters. The van der Waals surface area contributed by atoms with Crippen molar-refractivity contribution in [2.75, 3.05) is 19.8 Å². The summed E-state index contributed by atoms with van der Waals surface area (Å²) in [5.74, 6) is 6.23. The average Bonchev–Trinajstić information content (AvgIpc) is 2.72. The Balaban J connectivity index is 1.59. The molecular formula is C21H29IN2O3. The van der Waals surface area contributed by atoms with E-state index in [9.17, 15) is 0 Å². The molecule has 0 bridgehead atoms. The van der Waals surface area contributed by atoms with Crippen LogP contribution in [-0.2, 0) is 14.4 Å². The summed E-state index contributed by atoms with van der Waals surface area (Å²) >= 11 is 1.94. The van der Waals surface area contributed by atoms with Crippen LogP contribution in [0.15, 0.2) is 54.6 Å².